The van der Waals surface area contributed by atoms with Crippen LogP contribution in [0.25, 0.3) is 0 Å². The normalized spacial score (nSPS) is 29.3. The number of benzene rings is 2. The van der Waals surface area contributed by atoms with Gasteiger partial charge in [-0.15, -0.1) is 0 Å². The predicted octanol–water partition coefficient (Wildman–Crippen LogP) is 5.82. The summed E-state index contributed by atoms with van der Waals surface area (Å²) in [6, 6.07) is 13.9. The van der Waals surface area contributed by atoms with E-state index in [2.05, 4.69) is 43.1 Å². The number of nitrogens with two attached hydrogens (primary N) is 1. The summed E-state index contributed by atoms with van der Waals surface area (Å²) in [6.45, 7) is 8.51. The van der Waals surface area contributed by atoms with E-state index in [1.807, 2.05) is 30.3 Å². The molecule has 33 heavy (non-hydrogen) atoms. The Hall–Kier alpha value is -1.75. The summed E-state index contributed by atoms with van der Waals surface area (Å²) in [5.74, 6) is 0.289. The Morgan fingerprint density at radius 1 is 1.15 bits per heavy atom. The second-order valence-corrected chi connectivity index (χ2v) is 12.3. The zero-order chi connectivity index (χ0) is 23.5. The Kier molecular flexibility index (Phi) is 5.70. The standard InChI is InChI=1S/C27H33Cl2N3O/c1-26(2,3)13-22-27(15-31-21-12-19(29)9-10-20(21)27)23(17-5-4-6-18(28)11-17)24(25(30)33)32(22)14-16-7-8-16/h4-6,9-12,16,22-24,31H,7-8,13-15H2,1-3H3,(H2,30,33)/t22-,23-,24+,27-/m0/s1. The number of hydrogen-bond acceptors (Lipinski definition) is 3. The first-order chi connectivity index (χ1) is 15.6. The molecule has 6 heteroatoms. The number of hydrogen-bond donors (Lipinski definition) is 2. The molecule has 1 spiro atoms. The maximum absolute atomic E-state index is 13.2. The summed E-state index contributed by atoms with van der Waals surface area (Å²) >= 11 is 12.9. The highest BCUT2D eigenvalue weighted by Gasteiger charge is 2.64. The Balaban J connectivity index is 1.76. The number of anilines is 1. The number of rotatable bonds is 5. The Morgan fingerprint density at radius 3 is 2.52 bits per heavy atom. The number of amides is 1. The lowest BCUT2D eigenvalue weighted by Crippen LogP contribution is -2.49. The number of fused-ring (bicyclic) bond motifs is 2. The number of nitrogens with one attached hydrogen (secondary N) is 1. The fourth-order valence-corrected chi connectivity index (χ4v) is 6.75. The minimum absolute atomic E-state index is 0.0834. The van der Waals surface area contributed by atoms with Crippen molar-refractivity contribution in [2.75, 3.05) is 18.4 Å². The third-order valence-corrected chi connectivity index (χ3v) is 8.22. The van der Waals surface area contributed by atoms with Crippen molar-refractivity contribution < 1.29 is 4.79 Å². The Bertz CT molecular complexity index is 1080. The van der Waals surface area contributed by atoms with Crippen LogP contribution in [0.5, 0.6) is 0 Å². The van der Waals surface area contributed by atoms with E-state index in [4.69, 9.17) is 28.9 Å². The largest absolute Gasteiger partial charge is 0.384 e. The lowest BCUT2D eigenvalue weighted by atomic mass is 9.63. The third kappa shape index (κ3) is 4.05. The van der Waals surface area contributed by atoms with E-state index in [0.717, 1.165) is 30.8 Å². The van der Waals surface area contributed by atoms with Gasteiger partial charge in [0.2, 0.25) is 5.91 Å². The molecule has 4 atom stereocenters. The number of primary amides is 1. The number of halogens is 2. The number of carbonyl (C=O) groups is 1. The topological polar surface area (TPSA) is 58.4 Å². The molecule has 0 radical (unpaired) electrons. The monoisotopic (exact) mass is 485 g/mol. The van der Waals surface area contributed by atoms with Gasteiger partial charge < -0.3 is 11.1 Å². The first-order valence-corrected chi connectivity index (χ1v) is 12.7. The summed E-state index contributed by atoms with van der Waals surface area (Å²) in [6.07, 6.45) is 3.41. The molecule has 3 N–H and O–H groups in total. The van der Waals surface area contributed by atoms with Crippen LogP contribution in [0, 0.1) is 11.3 Å². The van der Waals surface area contributed by atoms with Crippen molar-refractivity contribution in [3.05, 3.63) is 63.6 Å². The summed E-state index contributed by atoms with van der Waals surface area (Å²) in [4.78, 5) is 15.7. The zero-order valence-corrected chi connectivity index (χ0v) is 21.1. The minimum Gasteiger partial charge on any atom is -0.384 e. The van der Waals surface area contributed by atoms with Gasteiger partial charge in [0.15, 0.2) is 0 Å². The van der Waals surface area contributed by atoms with Gasteiger partial charge in [-0.25, -0.2) is 0 Å². The molecule has 0 aromatic heterocycles. The van der Waals surface area contributed by atoms with Gasteiger partial charge >= 0.3 is 0 Å². The van der Waals surface area contributed by atoms with E-state index in [9.17, 15) is 4.79 Å². The molecule has 3 aliphatic rings. The summed E-state index contributed by atoms with van der Waals surface area (Å²) < 4.78 is 0. The number of carbonyl (C=O) groups excluding carboxylic acids is 1. The molecule has 1 saturated carbocycles. The molecule has 2 aliphatic heterocycles. The van der Waals surface area contributed by atoms with E-state index in [1.165, 1.54) is 18.4 Å². The molecule has 2 heterocycles. The molecule has 176 valence electrons. The molecule has 2 aromatic carbocycles. The molecular formula is C27H33Cl2N3O. The van der Waals surface area contributed by atoms with Gasteiger partial charge in [-0.2, -0.15) is 0 Å². The van der Waals surface area contributed by atoms with Crippen LogP contribution in [0.15, 0.2) is 42.5 Å². The maximum Gasteiger partial charge on any atom is 0.235 e. The Morgan fingerprint density at radius 2 is 1.88 bits per heavy atom. The van der Waals surface area contributed by atoms with Crippen molar-refractivity contribution >= 4 is 34.8 Å². The molecular weight excluding hydrogens is 453 g/mol. The third-order valence-electron chi connectivity index (χ3n) is 7.75. The van der Waals surface area contributed by atoms with Crippen LogP contribution in [-0.4, -0.2) is 36.0 Å². The lowest BCUT2D eigenvalue weighted by molar-refractivity contribution is -0.123. The van der Waals surface area contributed by atoms with E-state index in [-0.39, 0.29) is 34.7 Å². The molecule has 1 saturated heterocycles. The van der Waals surface area contributed by atoms with Gasteiger partial charge in [0.25, 0.3) is 0 Å². The SMILES string of the molecule is CC(C)(C)C[C@@H]1N(CC2CC2)[C@@H](C(N)=O)[C@H](c2cccc(Cl)c2)[C@]12CNc1cc(Cl)ccc12. The Labute approximate surface area is 206 Å². The van der Waals surface area contributed by atoms with Crippen LogP contribution in [0.1, 0.15) is 57.1 Å². The van der Waals surface area contributed by atoms with Crippen molar-refractivity contribution in [3.63, 3.8) is 0 Å². The van der Waals surface area contributed by atoms with E-state index in [0.29, 0.717) is 16.0 Å². The fourth-order valence-electron chi connectivity index (χ4n) is 6.38. The first kappa shape index (κ1) is 23.0. The van der Waals surface area contributed by atoms with Gasteiger partial charge in [0.1, 0.15) is 0 Å². The molecule has 0 bridgehead atoms. The smallest absolute Gasteiger partial charge is 0.235 e. The zero-order valence-electron chi connectivity index (χ0n) is 19.6. The second kappa shape index (κ2) is 8.18. The van der Waals surface area contributed by atoms with Crippen LogP contribution < -0.4 is 11.1 Å². The van der Waals surface area contributed by atoms with Gasteiger partial charge in [-0.05, 0) is 66.0 Å². The average molecular weight is 486 g/mol. The highest BCUT2D eigenvalue weighted by atomic mass is 35.5. The number of nitrogens with zero attached hydrogens (tertiary/aromatic N) is 1. The highest BCUT2D eigenvalue weighted by molar-refractivity contribution is 6.31. The summed E-state index contributed by atoms with van der Waals surface area (Å²) in [7, 11) is 0. The van der Waals surface area contributed by atoms with Crippen LogP contribution >= 0.6 is 23.2 Å². The summed E-state index contributed by atoms with van der Waals surface area (Å²) in [5, 5.41) is 5.05. The number of likely N-dealkylation sites (tertiary alicyclic amines) is 1. The van der Waals surface area contributed by atoms with Crippen LogP contribution in [0.2, 0.25) is 10.0 Å². The molecule has 2 fully saturated rings. The van der Waals surface area contributed by atoms with Crippen LogP contribution in [-0.2, 0) is 10.2 Å². The second-order valence-electron chi connectivity index (χ2n) is 11.4. The van der Waals surface area contributed by atoms with Crippen molar-refractivity contribution in [3.8, 4) is 0 Å². The molecule has 2 aromatic rings. The molecule has 5 rings (SSSR count). The highest BCUT2D eigenvalue weighted by Crippen LogP contribution is 2.59. The van der Waals surface area contributed by atoms with E-state index < -0.39 is 0 Å². The molecule has 1 amide bonds. The van der Waals surface area contributed by atoms with Gasteiger partial charge in [0, 0.05) is 46.2 Å². The predicted molar refractivity (Wildman–Crippen MR) is 136 cm³/mol. The van der Waals surface area contributed by atoms with Crippen molar-refractivity contribution in [2.45, 2.75) is 63.5 Å². The minimum atomic E-state index is -0.389. The van der Waals surface area contributed by atoms with Crippen molar-refractivity contribution in [1.82, 2.24) is 4.90 Å². The molecule has 1 aliphatic carbocycles. The van der Waals surface area contributed by atoms with Crippen molar-refractivity contribution in [1.29, 1.82) is 0 Å². The van der Waals surface area contributed by atoms with Crippen LogP contribution in [0.4, 0.5) is 5.69 Å². The molecule has 0 unspecified atom stereocenters. The fraction of sp³-hybridized carbons (Fsp3) is 0.519. The van der Waals surface area contributed by atoms with Crippen molar-refractivity contribution in [2.24, 2.45) is 17.1 Å². The first-order valence-electron chi connectivity index (χ1n) is 11.9. The van der Waals surface area contributed by atoms with Gasteiger partial charge in [-0.1, -0.05) is 62.2 Å². The van der Waals surface area contributed by atoms with Gasteiger partial charge in [-0.3, -0.25) is 9.69 Å². The lowest BCUT2D eigenvalue weighted by Gasteiger charge is -2.41. The van der Waals surface area contributed by atoms with Crippen LogP contribution in [0.3, 0.4) is 0 Å². The average Bonchev–Trinajstić information content (AvgIpc) is 3.41. The molecule has 4 nitrogen and oxygen atoms in total. The maximum atomic E-state index is 13.2. The van der Waals surface area contributed by atoms with Gasteiger partial charge in [0.05, 0.1) is 6.04 Å². The van der Waals surface area contributed by atoms with E-state index in [1.54, 1.807) is 0 Å². The summed E-state index contributed by atoms with van der Waals surface area (Å²) in [5.41, 5.74) is 9.36. The quantitative estimate of drug-likeness (QED) is 0.560. The van der Waals surface area contributed by atoms with E-state index >= 15 is 0 Å².